The molecule has 0 saturated heterocycles. The second-order valence-electron chi connectivity index (χ2n) is 8.23. The molecule has 0 fully saturated rings. The number of rotatable bonds is 8. The predicted octanol–water partition coefficient (Wildman–Crippen LogP) is 4.69. The van der Waals surface area contributed by atoms with Gasteiger partial charge in [0.05, 0.1) is 4.90 Å². The zero-order valence-electron chi connectivity index (χ0n) is 19.8. The van der Waals surface area contributed by atoms with Gasteiger partial charge in [0.25, 0.3) is 0 Å². The minimum atomic E-state index is -4.13. The number of carbonyl (C=O) groups is 1. The normalized spacial score (nSPS) is 11.3. The summed E-state index contributed by atoms with van der Waals surface area (Å²) in [6.07, 6.45) is 0.723. The number of halogens is 1. The molecule has 186 valence electrons. The number of hydrogen-bond donors (Lipinski definition) is 3. The van der Waals surface area contributed by atoms with Crippen LogP contribution in [0.3, 0.4) is 0 Å². The minimum Gasteiger partial charge on any atom is -0.383 e. The van der Waals surface area contributed by atoms with Gasteiger partial charge in [-0.05, 0) is 55.3 Å². The predicted molar refractivity (Wildman–Crippen MR) is 137 cm³/mol. The van der Waals surface area contributed by atoms with Crippen molar-refractivity contribution in [1.29, 1.82) is 0 Å². The van der Waals surface area contributed by atoms with E-state index in [0.717, 1.165) is 22.2 Å². The summed E-state index contributed by atoms with van der Waals surface area (Å²) in [6.45, 7) is 3.49. The van der Waals surface area contributed by atoms with Crippen LogP contribution in [-0.2, 0) is 27.6 Å². The third-order valence-corrected chi connectivity index (χ3v) is 7.43. The third kappa shape index (κ3) is 5.23. The Morgan fingerprint density at radius 3 is 2.47 bits per heavy atom. The van der Waals surface area contributed by atoms with Gasteiger partial charge in [0, 0.05) is 11.4 Å². The number of nitrogens with zero attached hydrogens (tertiary/aromatic N) is 2. The Morgan fingerprint density at radius 2 is 1.78 bits per heavy atom. The zero-order chi connectivity index (χ0) is 25.9. The molecule has 0 bridgehead atoms. The fraction of sp³-hybridized carbons (Fsp3) is 0.154. The number of nitrogens with one attached hydrogen (secondary N) is 2. The molecule has 10 heteroatoms. The zero-order valence-corrected chi connectivity index (χ0v) is 20.6. The Labute approximate surface area is 208 Å². The van der Waals surface area contributed by atoms with Crippen LogP contribution in [0.15, 0.2) is 82.6 Å². The lowest BCUT2D eigenvalue weighted by atomic mass is 10.1. The molecular formula is C26H26FN5O3S. The Kier molecular flexibility index (Phi) is 7.07. The molecule has 1 aromatic heterocycles. The van der Waals surface area contributed by atoms with Crippen molar-refractivity contribution in [2.24, 2.45) is 0 Å². The van der Waals surface area contributed by atoms with E-state index in [1.807, 2.05) is 32.0 Å². The number of anilines is 4. The second-order valence-corrected chi connectivity index (χ2v) is 10.1. The van der Waals surface area contributed by atoms with E-state index in [2.05, 4.69) is 15.7 Å². The highest BCUT2D eigenvalue weighted by atomic mass is 32.2. The van der Waals surface area contributed by atoms with Crippen molar-refractivity contribution in [3.63, 3.8) is 0 Å². The Bertz CT molecular complexity index is 1520. The SMILES string of the molecule is CCc1ccccc1NC(=O)Cn1nc(Nc2cccc(F)c2)c(S(=O)(=O)c2ccc(C)cc2)c1N. The number of nitrogen functional groups attached to an aromatic ring is 1. The molecular weight excluding hydrogens is 481 g/mol. The first-order chi connectivity index (χ1) is 17.2. The smallest absolute Gasteiger partial charge is 0.246 e. The van der Waals surface area contributed by atoms with Crippen LogP contribution in [0.5, 0.6) is 0 Å². The summed E-state index contributed by atoms with van der Waals surface area (Å²) in [4.78, 5) is 12.6. The van der Waals surface area contributed by atoms with Gasteiger partial charge in [-0.3, -0.25) is 4.79 Å². The average Bonchev–Trinajstić information content (AvgIpc) is 3.14. The monoisotopic (exact) mass is 507 g/mol. The summed E-state index contributed by atoms with van der Waals surface area (Å²) in [6, 6.07) is 19.2. The van der Waals surface area contributed by atoms with Crippen LogP contribution in [0.1, 0.15) is 18.1 Å². The number of benzene rings is 3. The molecule has 3 aromatic carbocycles. The quantitative estimate of drug-likeness (QED) is 0.318. The Balaban J connectivity index is 1.73. The van der Waals surface area contributed by atoms with Gasteiger partial charge in [0.15, 0.2) is 10.7 Å². The lowest BCUT2D eigenvalue weighted by molar-refractivity contribution is -0.116. The minimum absolute atomic E-state index is 0.0166. The lowest BCUT2D eigenvalue weighted by Gasteiger charge is -2.10. The van der Waals surface area contributed by atoms with Crippen LogP contribution in [0.4, 0.5) is 27.4 Å². The van der Waals surface area contributed by atoms with Crippen LogP contribution in [-0.4, -0.2) is 24.1 Å². The number of carbonyl (C=O) groups excluding carboxylic acids is 1. The van der Waals surface area contributed by atoms with Gasteiger partial charge in [-0.25, -0.2) is 17.5 Å². The van der Waals surface area contributed by atoms with Crippen molar-refractivity contribution in [1.82, 2.24) is 9.78 Å². The maximum absolute atomic E-state index is 13.8. The van der Waals surface area contributed by atoms with E-state index in [1.54, 1.807) is 24.3 Å². The number of para-hydroxylation sites is 1. The van der Waals surface area contributed by atoms with Crippen molar-refractivity contribution in [3.8, 4) is 0 Å². The first-order valence-electron chi connectivity index (χ1n) is 11.3. The van der Waals surface area contributed by atoms with Gasteiger partial charge >= 0.3 is 0 Å². The van der Waals surface area contributed by atoms with Gasteiger partial charge in [0.1, 0.15) is 18.2 Å². The van der Waals surface area contributed by atoms with Crippen molar-refractivity contribution in [2.75, 3.05) is 16.4 Å². The van der Waals surface area contributed by atoms with Gasteiger partial charge in [-0.2, -0.15) is 5.10 Å². The maximum atomic E-state index is 13.8. The molecule has 4 aromatic rings. The number of nitrogens with two attached hydrogens (primary N) is 1. The fourth-order valence-electron chi connectivity index (χ4n) is 3.74. The van der Waals surface area contributed by atoms with Crippen LogP contribution in [0.25, 0.3) is 0 Å². The molecule has 4 rings (SSSR count). The van der Waals surface area contributed by atoms with E-state index in [1.165, 1.54) is 30.3 Å². The van der Waals surface area contributed by atoms with E-state index in [0.29, 0.717) is 5.69 Å². The van der Waals surface area contributed by atoms with Crippen molar-refractivity contribution >= 4 is 38.8 Å². The van der Waals surface area contributed by atoms with E-state index in [-0.39, 0.29) is 33.7 Å². The van der Waals surface area contributed by atoms with Gasteiger partial charge in [-0.1, -0.05) is 48.9 Å². The molecule has 0 atom stereocenters. The summed E-state index contributed by atoms with van der Waals surface area (Å²) < 4.78 is 42.0. The molecule has 1 heterocycles. The van der Waals surface area contributed by atoms with E-state index in [4.69, 9.17) is 5.73 Å². The molecule has 0 radical (unpaired) electrons. The van der Waals surface area contributed by atoms with Crippen molar-refractivity contribution in [2.45, 2.75) is 36.6 Å². The molecule has 0 unspecified atom stereocenters. The summed E-state index contributed by atoms with van der Waals surface area (Å²) in [5, 5.41) is 9.95. The topological polar surface area (TPSA) is 119 Å². The highest BCUT2D eigenvalue weighted by molar-refractivity contribution is 7.91. The highest BCUT2D eigenvalue weighted by Crippen LogP contribution is 2.34. The first kappa shape index (κ1) is 24.9. The molecule has 0 aliphatic heterocycles. The summed E-state index contributed by atoms with van der Waals surface area (Å²) in [7, 11) is -4.13. The van der Waals surface area contributed by atoms with Gasteiger partial charge < -0.3 is 16.4 Å². The first-order valence-corrected chi connectivity index (χ1v) is 12.8. The average molecular weight is 508 g/mol. The molecule has 36 heavy (non-hydrogen) atoms. The number of aromatic nitrogens is 2. The largest absolute Gasteiger partial charge is 0.383 e. The number of amides is 1. The molecule has 1 amide bonds. The molecule has 0 saturated carbocycles. The summed E-state index contributed by atoms with van der Waals surface area (Å²) in [5.41, 5.74) is 9.04. The van der Waals surface area contributed by atoms with Crippen LogP contribution < -0.4 is 16.4 Å². The molecule has 0 spiro atoms. The highest BCUT2D eigenvalue weighted by Gasteiger charge is 2.30. The number of aryl methyl sites for hydroxylation is 2. The third-order valence-electron chi connectivity index (χ3n) is 5.60. The van der Waals surface area contributed by atoms with E-state index < -0.39 is 21.6 Å². The molecule has 8 nitrogen and oxygen atoms in total. The second kappa shape index (κ2) is 10.2. The standard InChI is InChI=1S/C26H26FN5O3S/c1-3-18-7-4-5-10-22(18)30-23(33)16-32-25(28)24(36(34,35)21-13-11-17(2)12-14-21)26(31-32)29-20-9-6-8-19(27)15-20/h4-15H,3,16,28H2,1-2H3,(H,29,31)(H,30,33). The Morgan fingerprint density at radius 1 is 1.06 bits per heavy atom. The molecule has 4 N–H and O–H groups in total. The summed E-state index contributed by atoms with van der Waals surface area (Å²) >= 11 is 0. The number of hydrogen-bond acceptors (Lipinski definition) is 6. The van der Waals surface area contributed by atoms with E-state index in [9.17, 15) is 17.6 Å². The lowest BCUT2D eigenvalue weighted by Crippen LogP contribution is -2.21. The van der Waals surface area contributed by atoms with E-state index >= 15 is 0 Å². The maximum Gasteiger partial charge on any atom is 0.246 e. The van der Waals surface area contributed by atoms with Crippen molar-refractivity contribution in [3.05, 3.63) is 89.7 Å². The molecule has 0 aliphatic carbocycles. The van der Waals surface area contributed by atoms with Crippen LogP contribution in [0.2, 0.25) is 0 Å². The number of sulfone groups is 1. The fourth-order valence-corrected chi connectivity index (χ4v) is 5.20. The Hall–Kier alpha value is -4.18. The van der Waals surface area contributed by atoms with Gasteiger partial charge in [-0.15, -0.1) is 0 Å². The van der Waals surface area contributed by atoms with Crippen LogP contribution in [0, 0.1) is 12.7 Å². The summed E-state index contributed by atoms with van der Waals surface area (Å²) in [5.74, 6) is -1.26. The molecule has 0 aliphatic rings. The van der Waals surface area contributed by atoms with Crippen LogP contribution >= 0.6 is 0 Å². The van der Waals surface area contributed by atoms with Crippen molar-refractivity contribution < 1.29 is 17.6 Å². The van der Waals surface area contributed by atoms with Gasteiger partial charge in [0.2, 0.25) is 15.7 Å².